The summed E-state index contributed by atoms with van der Waals surface area (Å²) >= 11 is 0. The maximum absolute atomic E-state index is 12.5. The largest absolute Gasteiger partial charge is 0.478 e. The van der Waals surface area contributed by atoms with E-state index >= 15 is 0 Å². The van der Waals surface area contributed by atoms with Crippen molar-refractivity contribution in [3.63, 3.8) is 0 Å². The van der Waals surface area contributed by atoms with Gasteiger partial charge >= 0.3 is 5.97 Å². The second-order valence-corrected chi connectivity index (χ2v) is 4.45. The average Bonchev–Trinajstić information content (AvgIpc) is 2.37. The molecule has 0 saturated heterocycles. The van der Waals surface area contributed by atoms with Crippen LogP contribution in [0.25, 0.3) is 0 Å². The fraction of sp³-hybridized carbons (Fsp3) is 0.125. The summed E-state index contributed by atoms with van der Waals surface area (Å²) in [6.45, 7) is 3.53. The van der Waals surface area contributed by atoms with Gasteiger partial charge in [0, 0.05) is 11.1 Å². The minimum absolute atomic E-state index is 0.0794. The summed E-state index contributed by atoms with van der Waals surface area (Å²) in [4.78, 5) is 23.8. The molecule has 0 amide bonds. The molecule has 0 unspecified atom stereocenters. The molecular weight excluding hydrogens is 240 g/mol. The van der Waals surface area contributed by atoms with Crippen molar-refractivity contribution in [2.45, 2.75) is 13.8 Å². The summed E-state index contributed by atoms with van der Waals surface area (Å²) in [5.74, 6) is -1.32. The van der Waals surface area contributed by atoms with Gasteiger partial charge in [0.2, 0.25) is 0 Å². The molecule has 2 rings (SSSR count). The normalized spacial score (nSPS) is 10.2. The number of hydrogen-bond acceptors (Lipinski definition) is 2. The van der Waals surface area contributed by atoms with Crippen LogP contribution in [-0.2, 0) is 0 Å². The Morgan fingerprint density at radius 2 is 1.42 bits per heavy atom. The molecular formula is C16H14O3. The number of benzene rings is 2. The van der Waals surface area contributed by atoms with Crippen molar-refractivity contribution >= 4 is 11.8 Å². The molecule has 0 aliphatic carbocycles. The second kappa shape index (κ2) is 5.06. The topological polar surface area (TPSA) is 54.4 Å². The van der Waals surface area contributed by atoms with E-state index in [1.54, 1.807) is 37.3 Å². The van der Waals surface area contributed by atoms with Gasteiger partial charge < -0.3 is 5.11 Å². The third-order valence-corrected chi connectivity index (χ3v) is 3.12. The molecule has 0 heterocycles. The fourth-order valence-electron chi connectivity index (χ4n) is 2.11. The SMILES string of the molecule is Cc1ccccc1C(=O)c1cccc(C)c1C(=O)O. The highest BCUT2D eigenvalue weighted by atomic mass is 16.4. The van der Waals surface area contributed by atoms with E-state index in [0.29, 0.717) is 11.1 Å². The monoisotopic (exact) mass is 254 g/mol. The molecule has 0 saturated carbocycles. The number of aryl methyl sites for hydroxylation is 2. The van der Waals surface area contributed by atoms with Crippen molar-refractivity contribution in [3.05, 3.63) is 70.3 Å². The number of carbonyl (C=O) groups is 2. The zero-order valence-corrected chi connectivity index (χ0v) is 10.8. The Kier molecular flexibility index (Phi) is 3.47. The van der Waals surface area contributed by atoms with Gasteiger partial charge in [-0.1, -0.05) is 42.5 Å². The number of carboxylic acids is 1. The standard InChI is InChI=1S/C16H14O3/c1-10-6-3-4-8-12(10)15(17)13-9-5-7-11(2)14(13)16(18)19/h3-9H,1-2H3,(H,18,19). The van der Waals surface area contributed by atoms with Crippen LogP contribution in [0, 0.1) is 13.8 Å². The predicted octanol–water partition coefficient (Wildman–Crippen LogP) is 3.23. The number of hydrogen-bond donors (Lipinski definition) is 1. The van der Waals surface area contributed by atoms with Gasteiger partial charge in [0.15, 0.2) is 5.78 Å². The van der Waals surface area contributed by atoms with Crippen molar-refractivity contribution in [2.75, 3.05) is 0 Å². The van der Waals surface area contributed by atoms with Gasteiger partial charge in [0.25, 0.3) is 0 Å². The van der Waals surface area contributed by atoms with Gasteiger partial charge in [-0.3, -0.25) is 4.79 Å². The van der Waals surface area contributed by atoms with Crippen molar-refractivity contribution in [1.29, 1.82) is 0 Å². The van der Waals surface area contributed by atoms with Crippen LogP contribution in [0.4, 0.5) is 0 Å². The van der Waals surface area contributed by atoms with E-state index in [4.69, 9.17) is 0 Å². The minimum Gasteiger partial charge on any atom is -0.478 e. The molecule has 96 valence electrons. The first-order chi connectivity index (χ1) is 9.02. The molecule has 0 atom stereocenters. The van der Waals surface area contributed by atoms with Crippen LogP contribution in [0.15, 0.2) is 42.5 Å². The average molecular weight is 254 g/mol. The number of carboxylic acid groups (broad SMARTS) is 1. The van der Waals surface area contributed by atoms with Crippen LogP contribution in [0.2, 0.25) is 0 Å². The molecule has 0 radical (unpaired) electrons. The number of ketones is 1. The van der Waals surface area contributed by atoms with Crippen molar-refractivity contribution in [3.8, 4) is 0 Å². The molecule has 0 aromatic heterocycles. The highest BCUT2D eigenvalue weighted by Gasteiger charge is 2.20. The first-order valence-corrected chi connectivity index (χ1v) is 5.95. The van der Waals surface area contributed by atoms with Gasteiger partial charge in [-0.2, -0.15) is 0 Å². The third kappa shape index (κ3) is 2.40. The van der Waals surface area contributed by atoms with E-state index in [9.17, 15) is 14.7 Å². The fourth-order valence-corrected chi connectivity index (χ4v) is 2.11. The Morgan fingerprint density at radius 1 is 0.842 bits per heavy atom. The lowest BCUT2D eigenvalue weighted by Crippen LogP contribution is -2.12. The summed E-state index contributed by atoms with van der Waals surface area (Å²) in [6, 6.07) is 12.1. The van der Waals surface area contributed by atoms with Crippen LogP contribution in [0.1, 0.15) is 37.4 Å². The minimum atomic E-state index is -1.07. The maximum Gasteiger partial charge on any atom is 0.336 e. The van der Waals surface area contributed by atoms with Gasteiger partial charge in [0.05, 0.1) is 5.56 Å². The molecule has 0 fully saturated rings. The number of rotatable bonds is 3. The van der Waals surface area contributed by atoms with Gasteiger partial charge in [-0.25, -0.2) is 4.79 Å². The zero-order valence-electron chi connectivity index (χ0n) is 10.8. The van der Waals surface area contributed by atoms with E-state index < -0.39 is 5.97 Å². The van der Waals surface area contributed by atoms with Crippen LogP contribution in [0.5, 0.6) is 0 Å². The first kappa shape index (κ1) is 13.0. The summed E-state index contributed by atoms with van der Waals surface area (Å²) in [5.41, 5.74) is 2.28. The molecule has 3 heteroatoms. The molecule has 1 N–H and O–H groups in total. The lowest BCUT2D eigenvalue weighted by atomic mass is 9.93. The predicted molar refractivity (Wildman–Crippen MR) is 72.7 cm³/mol. The summed E-state index contributed by atoms with van der Waals surface area (Å²) in [6.07, 6.45) is 0. The molecule has 0 spiro atoms. The van der Waals surface area contributed by atoms with Gasteiger partial charge in [-0.05, 0) is 25.0 Å². The Bertz CT molecular complexity index is 657. The first-order valence-electron chi connectivity index (χ1n) is 5.95. The summed E-state index contributed by atoms with van der Waals surface area (Å²) < 4.78 is 0. The molecule has 2 aromatic carbocycles. The lowest BCUT2D eigenvalue weighted by molar-refractivity contribution is 0.0692. The Balaban J connectivity index is 2.60. The van der Waals surface area contributed by atoms with Crippen molar-refractivity contribution in [1.82, 2.24) is 0 Å². The molecule has 0 aliphatic rings. The molecule has 3 nitrogen and oxygen atoms in total. The molecule has 19 heavy (non-hydrogen) atoms. The van der Waals surface area contributed by atoms with Gasteiger partial charge in [-0.15, -0.1) is 0 Å². The van der Waals surface area contributed by atoms with Crippen LogP contribution in [0.3, 0.4) is 0 Å². The highest BCUT2D eigenvalue weighted by molar-refractivity contribution is 6.15. The quantitative estimate of drug-likeness (QED) is 0.855. The molecule has 2 aromatic rings. The van der Waals surface area contributed by atoms with E-state index in [-0.39, 0.29) is 16.9 Å². The zero-order chi connectivity index (χ0) is 14.0. The smallest absolute Gasteiger partial charge is 0.336 e. The van der Waals surface area contributed by atoms with Crippen LogP contribution < -0.4 is 0 Å². The third-order valence-electron chi connectivity index (χ3n) is 3.12. The summed E-state index contributed by atoms with van der Waals surface area (Å²) in [7, 11) is 0. The van der Waals surface area contributed by atoms with E-state index in [2.05, 4.69) is 0 Å². The van der Waals surface area contributed by atoms with Gasteiger partial charge in [0.1, 0.15) is 0 Å². The maximum atomic E-state index is 12.5. The number of carbonyl (C=O) groups excluding carboxylic acids is 1. The molecule has 0 bridgehead atoms. The van der Waals surface area contributed by atoms with Crippen molar-refractivity contribution < 1.29 is 14.7 Å². The number of aromatic carboxylic acids is 1. The van der Waals surface area contributed by atoms with Crippen LogP contribution >= 0.6 is 0 Å². The second-order valence-electron chi connectivity index (χ2n) is 4.45. The van der Waals surface area contributed by atoms with Crippen LogP contribution in [-0.4, -0.2) is 16.9 Å². The van der Waals surface area contributed by atoms with E-state index in [1.165, 1.54) is 0 Å². The van der Waals surface area contributed by atoms with E-state index in [0.717, 1.165) is 5.56 Å². The Hall–Kier alpha value is -2.42. The van der Waals surface area contributed by atoms with E-state index in [1.807, 2.05) is 19.1 Å². The Labute approximate surface area is 111 Å². The lowest BCUT2D eigenvalue weighted by Gasteiger charge is -2.09. The summed E-state index contributed by atoms with van der Waals surface area (Å²) in [5, 5.41) is 9.26. The highest BCUT2D eigenvalue weighted by Crippen LogP contribution is 2.20. The Morgan fingerprint density at radius 3 is 2.05 bits per heavy atom. The van der Waals surface area contributed by atoms with Crippen molar-refractivity contribution in [2.24, 2.45) is 0 Å². The molecule has 0 aliphatic heterocycles.